The van der Waals surface area contributed by atoms with Crippen molar-refractivity contribution in [3.63, 3.8) is 0 Å². The van der Waals surface area contributed by atoms with Crippen LogP contribution < -0.4 is 0 Å². The van der Waals surface area contributed by atoms with Gasteiger partial charge in [-0.3, -0.25) is 14.4 Å². The third kappa shape index (κ3) is 3.82. The Morgan fingerprint density at radius 1 is 1.41 bits per heavy atom. The van der Waals surface area contributed by atoms with E-state index < -0.39 is 28.7 Å². The second-order valence-corrected chi connectivity index (χ2v) is 12.2. The fourth-order valence-electron chi connectivity index (χ4n) is 5.68. The van der Waals surface area contributed by atoms with Crippen LogP contribution in [-0.4, -0.2) is 85.4 Å². The number of halogens is 1. The molecule has 0 aromatic rings. The summed E-state index contributed by atoms with van der Waals surface area (Å²) in [5.41, 5.74) is 0. The highest BCUT2D eigenvalue weighted by Gasteiger charge is 2.76. The molecule has 180 valence electrons. The number of hydrogen-bond donors (Lipinski definition) is 1. The van der Waals surface area contributed by atoms with E-state index in [1.165, 1.54) is 0 Å². The first-order valence-corrected chi connectivity index (χ1v) is 13.2. The van der Waals surface area contributed by atoms with Crippen LogP contribution >= 0.6 is 27.7 Å². The number of esters is 1. The quantitative estimate of drug-likeness (QED) is 0.280. The van der Waals surface area contributed by atoms with Gasteiger partial charge in [0.05, 0.1) is 35.8 Å². The average molecular weight is 532 g/mol. The van der Waals surface area contributed by atoms with Crippen LogP contribution in [0.4, 0.5) is 0 Å². The Bertz CT molecular complexity index is 777. The van der Waals surface area contributed by atoms with Gasteiger partial charge in [0.25, 0.3) is 0 Å². The number of nitrogens with zero attached hydrogens (tertiary/aromatic N) is 2. The predicted octanol–water partition coefficient (Wildman–Crippen LogP) is 2.45. The fraction of sp³-hybridized carbons (Fsp3) is 0.783. The molecule has 3 saturated heterocycles. The van der Waals surface area contributed by atoms with Crippen LogP contribution in [0.25, 0.3) is 0 Å². The number of aliphatic hydroxyl groups is 1. The van der Waals surface area contributed by atoms with Gasteiger partial charge >= 0.3 is 5.97 Å². The van der Waals surface area contributed by atoms with Crippen LogP contribution in [0.1, 0.15) is 41.0 Å². The second kappa shape index (κ2) is 9.66. The van der Waals surface area contributed by atoms with Crippen molar-refractivity contribution in [2.75, 3.05) is 19.8 Å². The normalized spacial score (nSPS) is 34.2. The van der Waals surface area contributed by atoms with Gasteiger partial charge in [0.2, 0.25) is 11.8 Å². The van der Waals surface area contributed by atoms with Gasteiger partial charge in [0.15, 0.2) is 0 Å². The van der Waals surface area contributed by atoms with Gasteiger partial charge in [-0.2, -0.15) is 0 Å². The Kier molecular flexibility index (Phi) is 7.72. The molecule has 1 spiro atoms. The number of alkyl halides is 1. The molecule has 3 aliphatic rings. The van der Waals surface area contributed by atoms with E-state index in [4.69, 9.17) is 4.74 Å². The number of hydrogen-bond acceptors (Lipinski definition) is 6. The van der Waals surface area contributed by atoms with Crippen molar-refractivity contribution in [3.8, 4) is 0 Å². The maximum absolute atomic E-state index is 14.1. The lowest BCUT2D eigenvalue weighted by Gasteiger charge is -2.41. The number of amides is 2. The number of rotatable bonds is 9. The number of carbonyl (C=O) groups is 3. The highest BCUT2D eigenvalue weighted by Crippen LogP contribution is 2.68. The van der Waals surface area contributed by atoms with E-state index in [0.717, 1.165) is 0 Å². The predicted molar refractivity (Wildman–Crippen MR) is 128 cm³/mol. The van der Waals surface area contributed by atoms with Gasteiger partial charge in [-0.05, 0) is 33.1 Å². The van der Waals surface area contributed by atoms with E-state index in [9.17, 15) is 19.5 Å². The largest absolute Gasteiger partial charge is 0.466 e. The number of ether oxygens (including phenoxy) is 1. The molecule has 32 heavy (non-hydrogen) atoms. The van der Waals surface area contributed by atoms with Crippen molar-refractivity contribution >= 4 is 45.5 Å². The van der Waals surface area contributed by atoms with E-state index in [1.807, 2.05) is 27.7 Å². The minimum Gasteiger partial charge on any atom is -0.466 e. The summed E-state index contributed by atoms with van der Waals surface area (Å²) in [7, 11) is 0. The van der Waals surface area contributed by atoms with Crippen molar-refractivity contribution in [2.24, 2.45) is 17.8 Å². The second-order valence-electron chi connectivity index (χ2n) is 9.53. The van der Waals surface area contributed by atoms with Crippen LogP contribution in [0.5, 0.6) is 0 Å². The standard InChI is InChI=1S/C23H35BrN2O5S/c1-7-9-25(13(5)6)21(29)19-23-10-14(24)18(32-23)16(22(30)31-8-2)17(23)20(28)26(19)15(11-27)12(3)4/h7,12-19,27H,1,8-11H2,2-6H3/t14?,15-,16+,17-,18+,19?,23?/m0/s1. The number of fused-ring (bicyclic) bond motifs is 1. The minimum absolute atomic E-state index is 0.000244. The molecule has 3 heterocycles. The molecule has 2 bridgehead atoms. The lowest BCUT2D eigenvalue weighted by Crippen LogP contribution is -2.59. The number of thioether (sulfide) groups is 1. The molecule has 3 rings (SSSR count). The summed E-state index contributed by atoms with van der Waals surface area (Å²) in [6, 6.07) is -1.34. The molecule has 2 amide bonds. The monoisotopic (exact) mass is 530 g/mol. The van der Waals surface area contributed by atoms with Crippen LogP contribution in [0.15, 0.2) is 12.7 Å². The Balaban J connectivity index is 2.15. The Labute approximate surface area is 203 Å². The molecular weight excluding hydrogens is 496 g/mol. The Morgan fingerprint density at radius 2 is 2.06 bits per heavy atom. The molecule has 0 aromatic heterocycles. The third-order valence-corrected chi connectivity index (χ3v) is 10.3. The van der Waals surface area contributed by atoms with Gasteiger partial charge in [-0.15, -0.1) is 18.3 Å². The first-order chi connectivity index (χ1) is 15.1. The lowest BCUT2D eigenvalue weighted by molar-refractivity contribution is -0.154. The van der Waals surface area contributed by atoms with Crippen LogP contribution in [0.3, 0.4) is 0 Å². The molecule has 9 heteroatoms. The molecule has 0 radical (unpaired) electrons. The van der Waals surface area contributed by atoms with Gasteiger partial charge < -0.3 is 19.6 Å². The summed E-state index contributed by atoms with van der Waals surface area (Å²) in [5.74, 6) is -2.03. The molecule has 0 aromatic carbocycles. The molecule has 3 unspecified atom stereocenters. The maximum Gasteiger partial charge on any atom is 0.310 e. The number of carbonyl (C=O) groups excluding carboxylic acids is 3. The Morgan fingerprint density at radius 3 is 2.56 bits per heavy atom. The first kappa shape index (κ1) is 25.6. The fourth-order valence-corrected chi connectivity index (χ4v) is 9.26. The number of likely N-dealkylation sites (tertiary alicyclic amines) is 1. The van der Waals surface area contributed by atoms with E-state index in [-0.39, 0.29) is 53.0 Å². The molecule has 1 N–H and O–H groups in total. The summed E-state index contributed by atoms with van der Waals surface area (Å²) < 4.78 is 4.63. The van der Waals surface area contributed by atoms with Crippen molar-refractivity contribution in [1.29, 1.82) is 0 Å². The van der Waals surface area contributed by atoms with E-state index in [1.54, 1.807) is 34.6 Å². The maximum atomic E-state index is 14.1. The molecule has 3 aliphatic heterocycles. The molecule has 7 nitrogen and oxygen atoms in total. The topological polar surface area (TPSA) is 87.2 Å². The smallest absolute Gasteiger partial charge is 0.310 e. The van der Waals surface area contributed by atoms with Crippen molar-refractivity contribution in [2.45, 2.75) is 74.0 Å². The van der Waals surface area contributed by atoms with E-state index in [2.05, 4.69) is 22.5 Å². The zero-order valence-electron chi connectivity index (χ0n) is 19.5. The third-order valence-electron chi connectivity index (χ3n) is 7.07. The number of aliphatic hydroxyl groups excluding tert-OH is 1. The average Bonchev–Trinajstić information content (AvgIpc) is 3.30. The highest BCUT2D eigenvalue weighted by molar-refractivity contribution is 9.09. The van der Waals surface area contributed by atoms with Gasteiger partial charge in [-0.25, -0.2) is 0 Å². The summed E-state index contributed by atoms with van der Waals surface area (Å²) in [6.45, 7) is 13.7. The van der Waals surface area contributed by atoms with Gasteiger partial charge in [0, 0.05) is 22.7 Å². The summed E-state index contributed by atoms with van der Waals surface area (Å²) in [5, 5.41) is 10.1. The molecule has 0 aliphatic carbocycles. The SMILES string of the molecule is C=CCN(C(=O)C1N([C@@H](CO)C(C)C)C(=O)[C@@H]2[C@@H](C(=O)OCC)[C@@H]3SC12CC3Br)C(C)C. The van der Waals surface area contributed by atoms with Crippen LogP contribution in [0.2, 0.25) is 0 Å². The molecular formula is C23H35BrN2O5S. The van der Waals surface area contributed by atoms with Gasteiger partial charge in [-0.1, -0.05) is 35.9 Å². The zero-order chi connectivity index (χ0) is 24.0. The molecule has 3 fully saturated rings. The first-order valence-electron chi connectivity index (χ1n) is 11.4. The van der Waals surface area contributed by atoms with Gasteiger partial charge in [0.1, 0.15) is 6.04 Å². The lowest BCUT2D eigenvalue weighted by atomic mass is 9.71. The highest BCUT2D eigenvalue weighted by atomic mass is 79.9. The van der Waals surface area contributed by atoms with Crippen molar-refractivity contribution in [3.05, 3.63) is 12.7 Å². The van der Waals surface area contributed by atoms with Crippen molar-refractivity contribution < 1.29 is 24.2 Å². The van der Waals surface area contributed by atoms with Crippen LogP contribution in [-0.2, 0) is 19.1 Å². The summed E-state index contributed by atoms with van der Waals surface area (Å²) >= 11 is 5.32. The molecule has 7 atom stereocenters. The molecule has 0 saturated carbocycles. The summed E-state index contributed by atoms with van der Waals surface area (Å²) in [4.78, 5) is 44.3. The summed E-state index contributed by atoms with van der Waals surface area (Å²) in [6.07, 6.45) is 2.30. The Hall–Kier alpha value is -1.06. The zero-order valence-corrected chi connectivity index (χ0v) is 21.9. The minimum atomic E-state index is -0.753. The van der Waals surface area contributed by atoms with Crippen LogP contribution in [0, 0.1) is 17.8 Å². The van der Waals surface area contributed by atoms with E-state index in [0.29, 0.717) is 13.0 Å². The van der Waals surface area contributed by atoms with E-state index >= 15 is 0 Å². The van der Waals surface area contributed by atoms with Crippen molar-refractivity contribution in [1.82, 2.24) is 9.80 Å².